The molecule has 12 heteroatoms. The van der Waals surface area contributed by atoms with Crippen LogP contribution in [0, 0.1) is 5.82 Å². The number of Topliss-reactive ketones (excluding diaryl/α,β-unsaturated/α-hetero) is 1. The van der Waals surface area contributed by atoms with Gasteiger partial charge in [0.15, 0.2) is 11.6 Å². The Morgan fingerprint density at radius 2 is 1.92 bits per heavy atom. The third-order valence-corrected chi connectivity index (χ3v) is 6.25. The molecule has 4 aromatic rings. The van der Waals surface area contributed by atoms with Crippen LogP contribution in [-0.4, -0.2) is 69.7 Å². The second-order valence-electron chi connectivity index (χ2n) is 8.37. The average molecular weight is 502 g/mol. The second-order valence-corrected chi connectivity index (χ2v) is 8.37. The number of pyridine rings is 1. The monoisotopic (exact) mass is 501 g/mol. The summed E-state index contributed by atoms with van der Waals surface area (Å²) < 4.78 is 14.7. The van der Waals surface area contributed by atoms with Crippen molar-refractivity contribution in [3.05, 3.63) is 72.7 Å². The van der Waals surface area contributed by atoms with Gasteiger partial charge in [0.1, 0.15) is 0 Å². The number of aromatic amines is 2. The Morgan fingerprint density at radius 3 is 2.65 bits per heavy atom. The van der Waals surface area contributed by atoms with E-state index < -0.39 is 17.5 Å². The number of piperazine rings is 1. The van der Waals surface area contributed by atoms with Gasteiger partial charge in [-0.2, -0.15) is 5.10 Å². The Kier molecular flexibility index (Phi) is 6.47. The van der Waals surface area contributed by atoms with E-state index in [-0.39, 0.29) is 22.3 Å². The summed E-state index contributed by atoms with van der Waals surface area (Å²) in [5.74, 6) is 3.85. The predicted molar refractivity (Wildman–Crippen MR) is 139 cm³/mol. The van der Waals surface area contributed by atoms with Crippen molar-refractivity contribution >= 4 is 40.8 Å². The molecule has 1 aromatic carbocycles. The number of H-pyrrole nitrogens is 2. The highest BCUT2D eigenvalue weighted by Crippen LogP contribution is 2.30. The fraction of sp³-hybridized carbons (Fsp3) is 0.160. The lowest BCUT2D eigenvalue weighted by atomic mass is 10.1. The number of rotatable bonds is 7. The lowest BCUT2D eigenvalue weighted by Gasteiger charge is -2.35. The molecule has 4 N–H and O–H groups in total. The molecule has 0 saturated carbocycles. The largest absolute Gasteiger partial charge is 0.365 e. The van der Waals surface area contributed by atoms with Gasteiger partial charge in [-0.05, 0) is 6.72 Å². The predicted octanol–water partition coefficient (Wildman–Crippen LogP) is 2.48. The van der Waals surface area contributed by atoms with Crippen molar-refractivity contribution in [2.24, 2.45) is 10.8 Å². The summed E-state index contributed by atoms with van der Waals surface area (Å²) in [6, 6.07) is 9.84. The number of hydrogen-bond donors (Lipinski definition) is 3. The molecule has 0 radical (unpaired) electrons. The van der Waals surface area contributed by atoms with Crippen molar-refractivity contribution < 1.29 is 14.0 Å². The molecule has 0 bridgehead atoms. The number of benzene rings is 1. The van der Waals surface area contributed by atoms with E-state index in [2.05, 4.69) is 36.8 Å². The van der Waals surface area contributed by atoms with E-state index >= 15 is 0 Å². The van der Waals surface area contributed by atoms with Crippen LogP contribution in [-0.2, 0) is 4.79 Å². The molecule has 188 valence electrons. The van der Waals surface area contributed by atoms with Crippen molar-refractivity contribution in [3.8, 4) is 11.3 Å². The van der Waals surface area contributed by atoms with Crippen molar-refractivity contribution in [2.45, 2.75) is 0 Å². The van der Waals surface area contributed by atoms with Gasteiger partial charge in [-0.25, -0.2) is 15.2 Å². The van der Waals surface area contributed by atoms with Gasteiger partial charge in [-0.3, -0.25) is 24.7 Å². The van der Waals surface area contributed by atoms with Crippen molar-refractivity contribution in [2.75, 3.05) is 36.1 Å². The molecular weight excluding hydrogens is 477 g/mol. The number of ketones is 1. The Morgan fingerprint density at radius 1 is 1.16 bits per heavy atom. The first-order chi connectivity index (χ1) is 18.0. The Hall–Kier alpha value is -4.84. The van der Waals surface area contributed by atoms with Crippen LogP contribution in [0.5, 0.6) is 0 Å². The number of carbonyl (C=O) groups excluding carboxylic acids is 2. The minimum atomic E-state index is -0.809. The standard InChI is InChI=1S/C25H24FN9O2/c1-28-7-8-35(27)24-22-20(18(26)14-30-24)17(13-29-22)23(36)25(37)34-11-9-33(10-12-34)19-15-31-32-21(19)16-5-3-2-4-6-16/h2-8,13-15,29H,1,9-12,27H2,(H,31,32)/b8-7-. The molecule has 1 saturated heterocycles. The lowest BCUT2D eigenvalue weighted by molar-refractivity contribution is -0.126. The molecule has 1 fully saturated rings. The van der Waals surface area contributed by atoms with E-state index in [1.54, 1.807) is 6.20 Å². The number of nitrogens with zero attached hydrogens (tertiary/aromatic N) is 6. The number of carbonyl (C=O) groups is 2. The maximum Gasteiger partial charge on any atom is 0.295 e. The molecule has 3 aromatic heterocycles. The van der Waals surface area contributed by atoms with E-state index in [4.69, 9.17) is 5.84 Å². The molecule has 1 aliphatic rings. The number of hydrazine groups is 1. The summed E-state index contributed by atoms with van der Waals surface area (Å²) in [4.78, 5) is 40.3. The Bertz CT molecular complexity index is 1490. The maximum atomic E-state index is 14.7. The van der Waals surface area contributed by atoms with E-state index in [0.29, 0.717) is 26.2 Å². The van der Waals surface area contributed by atoms with Crippen molar-refractivity contribution in [1.29, 1.82) is 0 Å². The molecule has 11 nitrogen and oxygen atoms in total. The normalized spacial score (nSPS) is 13.9. The smallest absolute Gasteiger partial charge is 0.295 e. The number of amides is 1. The Balaban J connectivity index is 1.33. The van der Waals surface area contributed by atoms with Crippen LogP contribution in [0.3, 0.4) is 0 Å². The fourth-order valence-electron chi connectivity index (χ4n) is 4.41. The number of hydrogen-bond acceptors (Lipinski definition) is 8. The highest BCUT2D eigenvalue weighted by Gasteiger charge is 2.31. The molecule has 0 unspecified atom stereocenters. The van der Waals surface area contributed by atoms with Crippen LogP contribution in [0.4, 0.5) is 15.9 Å². The summed E-state index contributed by atoms with van der Waals surface area (Å²) in [5.41, 5.74) is 2.93. The van der Waals surface area contributed by atoms with Gasteiger partial charge in [0.2, 0.25) is 0 Å². The molecule has 0 atom stereocenters. The van der Waals surface area contributed by atoms with Gasteiger partial charge in [0.05, 0.1) is 40.2 Å². The summed E-state index contributed by atoms with van der Waals surface area (Å²) in [7, 11) is 0. The summed E-state index contributed by atoms with van der Waals surface area (Å²) in [6.07, 6.45) is 6.72. The molecular formula is C25H24FN9O2. The highest BCUT2D eigenvalue weighted by molar-refractivity contribution is 6.45. The van der Waals surface area contributed by atoms with Gasteiger partial charge in [-0.15, -0.1) is 0 Å². The van der Waals surface area contributed by atoms with Crippen LogP contribution >= 0.6 is 0 Å². The number of aromatic nitrogens is 4. The van der Waals surface area contributed by atoms with Crippen LogP contribution in [0.1, 0.15) is 10.4 Å². The first-order valence-electron chi connectivity index (χ1n) is 11.5. The Labute approximate surface area is 211 Å². The molecule has 37 heavy (non-hydrogen) atoms. The van der Waals surface area contributed by atoms with E-state index in [0.717, 1.165) is 28.2 Å². The minimum Gasteiger partial charge on any atom is -0.365 e. The number of nitrogens with one attached hydrogen (secondary N) is 2. The van der Waals surface area contributed by atoms with Crippen molar-refractivity contribution in [1.82, 2.24) is 25.1 Å². The second kappa shape index (κ2) is 10.0. The van der Waals surface area contributed by atoms with Gasteiger partial charge < -0.3 is 14.8 Å². The number of nitrogens with two attached hydrogens (primary N) is 1. The first-order valence-corrected chi connectivity index (χ1v) is 11.5. The first kappa shape index (κ1) is 23.9. The van der Waals surface area contributed by atoms with Gasteiger partial charge in [0.25, 0.3) is 11.7 Å². The molecule has 0 aliphatic carbocycles. The molecule has 5 rings (SSSR count). The zero-order valence-electron chi connectivity index (χ0n) is 19.8. The van der Waals surface area contributed by atoms with Gasteiger partial charge in [0, 0.05) is 50.3 Å². The molecule has 4 heterocycles. The van der Waals surface area contributed by atoms with Gasteiger partial charge >= 0.3 is 0 Å². The zero-order valence-corrected chi connectivity index (χ0v) is 19.8. The minimum absolute atomic E-state index is 0.0525. The van der Waals surface area contributed by atoms with Gasteiger partial charge in [-0.1, -0.05) is 30.3 Å². The molecule has 1 amide bonds. The number of aliphatic imine (C=N–C) groups is 1. The summed E-state index contributed by atoms with van der Waals surface area (Å²) in [5, 5.41) is 8.29. The maximum absolute atomic E-state index is 14.7. The number of fused-ring (bicyclic) bond motifs is 1. The molecule has 1 aliphatic heterocycles. The summed E-state index contributed by atoms with van der Waals surface area (Å²) >= 11 is 0. The van der Waals surface area contributed by atoms with Crippen LogP contribution in [0.2, 0.25) is 0 Å². The fourth-order valence-corrected chi connectivity index (χ4v) is 4.41. The van der Waals surface area contributed by atoms with Crippen LogP contribution in [0.15, 0.2) is 66.3 Å². The van der Waals surface area contributed by atoms with E-state index in [9.17, 15) is 14.0 Å². The van der Waals surface area contributed by atoms with Crippen LogP contribution < -0.4 is 15.8 Å². The third kappa shape index (κ3) is 4.45. The summed E-state index contributed by atoms with van der Waals surface area (Å²) in [6.45, 7) is 5.02. The SMILES string of the molecule is C=N/C=C\N(N)c1ncc(F)c2c(C(=O)C(=O)N3CCN(c4cn[nH]c4-c4ccccc4)CC3)c[nH]c12. The number of halogens is 1. The third-order valence-electron chi connectivity index (χ3n) is 6.25. The van der Waals surface area contributed by atoms with Crippen LogP contribution in [0.25, 0.3) is 22.2 Å². The topological polar surface area (TPSA) is 140 Å². The number of anilines is 2. The lowest BCUT2D eigenvalue weighted by Crippen LogP contribution is -2.50. The quantitative estimate of drug-likeness (QED) is 0.116. The van der Waals surface area contributed by atoms with E-state index in [1.807, 2.05) is 30.3 Å². The highest BCUT2D eigenvalue weighted by atomic mass is 19.1. The zero-order chi connectivity index (χ0) is 25.9. The average Bonchev–Trinajstić information content (AvgIpc) is 3.60. The molecule has 0 spiro atoms. The van der Waals surface area contributed by atoms with Crippen molar-refractivity contribution in [3.63, 3.8) is 0 Å². The van der Waals surface area contributed by atoms with E-state index in [1.165, 1.54) is 23.5 Å².